The van der Waals surface area contributed by atoms with Crippen molar-refractivity contribution in [2.75, 3.05) is 0 Å². The fourth-order valence-electron chi connectivity index (χ4n) is 3.43. The van der Waals surface area contributed by atoms with Crippen LogP contribution in [0.1, 0.15) is 43.6 Å². The largest absolute Gasteiger partial charge is 0.481 e. The maximum absolute atomic E-state index is 13.7. The number of hydrogen-bond donors (Lipinski definition) is 2. The Labute approximate surface area is 132 Å². The molecular formula is C17H19F2NO3. The molecule has 2 aliphatic carbocycles. The molecule has 1 aromatic carbocycles. The monoisotopic (exact) mass is 323 g/mol. The van der Waals surface area contributed by atoms with Gasteiger partial charge in [0, 0.05) is 12.0 Å². The molecule has 0 spiro atoms. The Morgan fingerprint density at radius 2 is 1.83 bits per heavy atom. The van der Waals surface area contributed by atoms with E-state index in [0.717, 1.165) is 6.07 Å². The van der Waals surface area contributed by atoms with E-state index in [2.05, 4.69) is 5.32 Å². The van der Waals surface area contributed by atoms with Crippen molar-refractivity contribution in [3.05, 3.63) is 35.4 Å². The molecule has 0 aliphatic heterocycles. The Bertz CT molecular complexity index is 626. The molecule has 23 heavy (non-hydrogen) atoms. The van der Waals surface area contributed by atoms with Crippen molar-refractivity contribution in [1.29, 1.82) is 0 Å². The smallest absolute Gasteiger partial charge is 0.306 e. The maximum Gasteiger partial charge on any atom is 0.306 e. The van der Waals surface area contributed by atoms with Crippen molar-refractivity contribution in [2.24, 2.45) is 11.8 Å². The molecule has 2 N–H and O–H groups in total. The quantitative estimate of drug-likeness (QED) is 0.895. The third-order valence-corrected chi connectivity index (χ3v) is 4.93. The van der Waals surface area contributed by atoms with Crippen LogP contribution in [0.25, 0.3) is 0 Å². The molecule has 4 nitrogen and oxygen atoms in total. The number of carboxylic acid groups (broad SMARTS) is 1. The third kappa shape index (κ3) is 3.35. The predicted octanol–water partition coefficient (Wildman–Crippen LogP) is 2.83. The first-order chi connectivity index (χ1) is 11.0. The summed E-state index contributed by atoms with van der Waals surface area (Å²) in [5.74, 6) is -3.57. The third-order valence-electron chi connectivity index (χ3n) is 4.93. The molecule has 2 fully saturated rings. The van der Waals surface area contributed by atoms with E-state index in [-0.39, 0.29) is 35.3 Å². The van der Waals surface area contributed by atoms with E-state index in [0.29, 0.717) is 32.1 Å². The van der Waals surface area contributed by atoms with Gasteiger partial charge in [-0.3, -0.25) is 9.59 Å². The molecule has 0 saturated heterocycles. The number of hydrogen-bond acceptors (Lipinski definition) is 2. The molecule has 1 aromatic rings. The van der Waals surface area contributed by atoms with Gasteiger partial charge in [-0.1, -0.05) is 12.1 Å². The maximum atomic E-state index is 13.7. The van der Waals surface area contributed by atoms with Crippen LogP contribution in [-0.2, 0) is 9.59 Å². The molecule has 124 valence electrons. The average molecular weight is 323 g/mol. The van der Waals surface area contributed by atoms with E-state index in [9.17, 15) is 18.4 Å². The number of amides is 1. The van der Waals surface area contributed by atoms with Gasteiger partial charge in [0.15, 0.2) is 11.6 Å². The number of benzene rings is 1. The van der Waals surface area contributed by atoms with E-state index >= 15 is 0 Å². The summed E-state index contributed by atoms with van der Waals surface area (Å²) >= 11 is 0. The highest BCUT2D eigenvalue weighted by Crippen LogP contribution is 2.48. The lowest BCUT2D eigenvalue weighted by atomic mass is 9.86. The SMILES string of the molecule is O=C(O)C1CCC(NC(=O)[C@H]2C[C@H]2c2cccc(F)c2F)CC1. The number of carboxylic acids is 1. The average Bonchev–Trinajstić information content (AvgIpc) is 3.31. The van der Waals surface area contributed by atoms with Gasteiger partial charge in [0.05, 0.1) is 5.92 Å². The summed E-state index contributed by atoms with van der Waals surface area (Å²) in [7, 11) is 0. The van der Waals surface area contributed by atoms with Crippen LogP contribution in [0, 0.1) is 23.5 Å². The van der Waals surface area contributed by atoms with Crippen molar-refractivity contribution in [2.45, 2.75) is 44.1 Å². The topological polar surface area (TPSA) is 66.4 Å². The zero-order valence-electron chi connectivity index (χ0n) is 12.6. The summed E-state index contributed by atoms with van der Waals surface area (Å²) in [6, 6.07) is 4.02. The molecule has 2 saturated carbocycles. The summed E-state index contributed by atoms with van der Waals surface area (Å²) in [4.78, 5) is 23.1. The molecule has 0 bridgehead atoms. The summed E-state index contributed by atoms with van der Waals surface area (Å²) < 4.78 is 27.0. The number of carbonyl (C=O) groups is 2. The van der Waals surface area contributed by atoms with Crippen LogP contribution in [0.15, 0.2) is 18.2 Å². The molecular weight excluding hydrogens is 304 g/mol. The number of aliphatic carboxylic acids is 1. The fraction of sp³-hybridized carbons (Fsp3) is 0.529. The van der Waals surface area contributed by atoms with Crippen molar-refractivity contribution in [1.82, 2.24) is 5.32 Å². The Morgan fingerprint density at radius 1 is 1.13 bits per heavy atom. The van der Waals surface area contributed by atoms with Crippen LogP contribution in [0.2, 0.25) is 0 Å². The van der Waals surface area contributed by atoms with E-state index in [1.807, 2.05) is 0 Å². The van der Waals surface area contributed by atoms with Crippen LogP contribution < -0.4 is 5.32 Å². The minimum absolute atomic E-state index is 0.0169. The molecule has 2 aliphatic rings. The zero-order chi connectivity index (χ0) is 16.6. The zero-order valence-corrected chi connectivity index (χ0v) is 12.6. The second-order valence-corrected chi connectivity index (χ2v) is 6.49. The Hall–Kier alpha value is -1.98. The van der Waals surface area contributed by atoms with Crippen LogP contribution in [0.4, 0.5) is 8.78 Å². The highest BCUT2D eigenvalue weighted by Gasteiger charge is 2.46. The van der Waals surface area contributed by atoms with Crippen LogP contribution in [-0.4, -0.2) is 23.0 Å². The molecule has 0 aromatic heterocycles. The molecule has 0 heterocycles. The van der Waals surface area contributed by atoms with Gasteiger partial charge in [-0.15, -0.1) is 0 Å². The van der Waals surface area contributed by atoms with E-state index < -0.39 is 17.6 Å². The lowest BCUT2D eigenvalue weighted by Crippen LogP contribution is -2.39. The molecule has 1 amide bonds. The van der Waals surface area contributed by atoms with Gasteiger partial charge in [-0.25, -0.2) is 8.78 Å². The van der Waals surface area contributed by atoms with Gasteiger partial charge in [-0.05, 0) is 49.7 Å². The van der Waals surface area contributed by atoms with Crippen molar-refractivity contribution in [3.8, 4) is 0 Å². The minimum Gasteiger partial charge on any atom is -0.481 e. The molecule has 6 heteroatoms. The van der Waals surface area contributed by atoms with Gasteiger partial charge in [0.2, 0.25) is 5.91 Å². The number of carbonyl (C=O) groups excluding carboxylic acids is 1. The van der Waals surface area contributed by atoms with Crippen molar-refractivity contribution in [3.63, 3.8) is 0 Å². The lowest BCUT2D eigenvalue weighted by molar-refractivity contribution is -0.142. The van der Waals surface area contributed by atoms with E-state index in [1.165, 1.54) is 12.1 Å². The standard InChI is InChI=1S/C17H19F2NO3/c18-14-3-1-2-11(15(14)19)12-8-13(12)16(21)20-10-6-4-9(5-7-10)17(22)23/h1-3,9-10,12-13H,4-8H2,(H,20,21)(H,22,23)/t9?,10?,12-,13-/m0/s1. The summed E-state index contributed by atoms with van der Waals surface area (Å²) in [6.07, 6.45) is 2.94. The number of nitrogens with one attached hydrogen (secondary N) is 1. The van der Waals surface area contributed by atoms with Crippen molar-refractivity contribution < 1.29 is 23.5 Å². The summed E-state index contributed by atoms with van der Waals surface area (Å²) in [6.45, 7) is 0. The van der Waals surface area contributed by atoms with Gasteiger partial charge < -0.3 is 10.4 Å². The van der Waals surface area contributed by atoms with Crippen molar-refractivity contribution >= 4 is 11.9 Å². The van der Waals surface area contributed by atoms with E-state index in [1.54, 1.807) is 0 Å². The summed E-state index contributed by atoms with van der Waals surface area (Å²) in [5.41, 5.74) is 0.264. The molecule has 0 radical (unpaired) electrons. The minimum atomic E-state index is -0.888. The second-order valence-electron chi connectivity index (χ2n) is 6.49. The molecule has 0 unspecified atom stereocenters. The first-order valence-corrected chi connectivity index (χ1v) is 7.94. The normalized spacial score (nSPS) is 29.8. The first-order valence-electron chi connectivity index (χ1n) is 7.94. The predicted molar refractivity (Wildman–Crippen MR) is 78.7 cm³/mol. The fourth-order valence-corrected chi connectivity index (χ4v) is 3.43. The van der Waals surface area contributed by atoms with E-state index in [4.69, 9.17) is 5.11 Å². The van der Waals surface area contributed by atoms with Crippen LogP contribution in [0.3, 0.4) is 0 Å². The Kier molecular flexibility index (Phi) is 4.33. The van der Waals surface area contributed by atoms with Gasteiger partial charge >= 0.3 is 5.97 Å². The van der Waals surface area contributed by atoms with Gasteiger partial charge in [0.1, 0.15) is 0 Å². The molecule has 3 rings (SSSR count). The Balaban J connectivity index is 1.53. The highest BCUT2D eigenvalue weighted by molar-refractivity contribution is 5.83. The molecule has 2 atom stereocenters. The highest BCUT2D eigenvalue weighted by atomic mass is 19.2. The lowest BCUT2D eigenvalue weighted by Gasteiger charge is -2.26. The van der Waals surface area contributed by atoms with Crippen LogP contribution >= 0.6 is 0 Å². The van der Waals surface area contributed by atoms with Crippen LogP contribution in [0.5, 0.6) is 0 Å². The summed E-state index contributed by atoms with van der Waals surface area (Å²) in [5, 5.41) is 11.9. The number of halogens is 2. The first kappa shape index (κ1) is 15.9. The van der Waals surface area contributed by atoms with Gasteiger partial charge in [-0.2, -0.15) is 0 Å². The number of rotatable bonds is 4. The Morgan fingerprint density at radius 3 is 2.48 bits per heavy atom. The van der Waals surface area contributed by atoms with Gasteiger partial charge in [0.25, 0.3) is 0 Å². The second kappa shape index (κ2) is 6.26.